The third-order valence-electron chi connectivity index (χ3n) is 9.65. The molecule has 66 heavy (non-hydrogen) atoms. The summed E-state index contributed by atoms with van der Waals surface area (Å²) < 4.78 is 125. The Morgan fingerprint density at radius 3 is 0.818 bits per heavy atom. The Labute approximate surface area is 435 Å². The van der Waals surface area contributed by atoms with Crippen molar-refractivity contribution in [2.45, 2.75) is 18.5 Å². The summed E-state index contributed by atoms with van der Waals surface area (Å²) >= 11 is 3.97. The van der Waals surface area contributed by atoms with Crippen molar-refractivity contribution < 1.29 is 111 Å². The minimum absolute atomic E-state index is 0. The van der Waals surface area contributed by atoms with Crippen LogP contribution in [-0.2, 0) is 18.5 Å². The molecule has 348 valence electrons. The van der Waals surface area contributed by atoms with Gasteiger partial charge in [-0.05, 0) is 54.6 Å². The molecule has 6 aliphatic rings. The van der Waals surface area contributed by atoms with Gasteiger partial charge in [0.15, 0.2) is 0 Å². The Morgan fingerprint density at radius 2 is 0.606 bits per heavy atom. The lowest BCUT2D eigenvalue weighted by Gasteiger charge is -2.11. The highest BCUT2D eigenvalue weighted by Crippen LogP contribution is 2.40. The fourth-order valence-corrected chi connectivity index (χ4v) is 9.53. The van der Waals surface area contributed by atoms with Crippen LogP contribution >= 0.6 is 34.0 Å². The van der Waals surface area contributed by atoms with E-state index in [1.54, 1.807) is 36.4 Å². The summed E-state index contributed by atoms with van der Waals surface area (Å²) in [6.45, 7) is 0. The maximum atomic E-state index is 13.0. The average molecular weight is 1310 g/mol. The molecule has 3 aliphatic carbocycles. The first kappa shape index (κ1) is 54.9. The number of aromatic nitrogens is 3. The van der Waals surface area contributed by atoms with Crippen LogP contribution in [0.15, 0.2) is 109 Å². The summed E-state index contributed by atoms with van der Waals surface area (Å²) in [7, 11) is 11.5. The second kappa shape index (κ2) is 21.7. The van der Waals surface area contributed by atoms with Crippen molar-refractivity contribution in [2.75, 3.05) is 42.3 Å². The number of nitrogens with zero attached hydrogens (tertiary/aromatic N) is 6. The lowest BCUT2D eigenvalue weighted by Crippen LogP contribution is -3.00. The Bertz CT molecular complexity index is 2950. The second-order valence-electron chi connectivity index (χ2n) is 14.7. The van der Waals surface area contributed by atoms with Gasteiger partial charge in [0.2, 0.25) is 16.1 Å². The van der Waals surface area contributed by atoms with Gasteiger partial charge in [-0.25, -0.2) is 28.7 Å². The van der Waals surface area contributed by atoms with Crippen LogP contribution in [0.25, 0.3) is 62.4 Å². The van der Waals surface area contributed by atoms with E-state index in [0.717, 1.165) is 48.9 Å². The van der Waals surface area contributed by atoms with Gasteiger partial charge in [-0.3, -0.25) is 0 Å². The number of para-hydroxylation sites is 3. The summed E-state index contributed by atoms with van der Waals surface area (Å²) in [6, 6.07) is 29.1. The quantitative estimate of drug-likeness (QED) is 0.100. The number of fused-ring (bicyclic) bond motifs is 6. The van der Waals surface area contributed by atoms with E-state index in [4.69, 9.17) is 0 Å². The van der Waals surface area contributed by atoms with Crippen molar-refractivity contribution in [1.29, 1.82) is 0 Å². The molecule has 0 atom stereocenters. The largest absolute Gasteiger partial charge is 1.00 e. The molecule has 0 spiro atoms. The van der Waals surface area contributed by atoms with Gasteiger partial charge in [-0.2, -0.15) is 39.5 Å². The minimum atomic E-state index is -4.39. The maximum absolute atomic E-state index is 13.0. The number of benzene rings is 6. The van der Waals surface area contributed by atoms with Crippen LogP contribution in [-0.4, -0.2) is 57.2 Å². The molecule has 0 amide bonds. The van der Waals surface area contributed by atoms with Gasteiger partial charge in [0, 0.05) is 36.4 Å². The van der Waals surface area contributed by atoms with E-state index in [1.165, 1.54) is 52.2 Å². The zero-order valence-corrected chi connectivity index (χ0v) is 44.3. The average Bonchev–Trinajstić information content (AvgIpc) is 3.22. The van der Waals surface area contributed by atoms with Gasteiger partial charge in [0.05, 0.1) is 79.1 Å². The first-order chi connectivity index (χ1) is 29.6. The van der Waals surface area contributed by atoms with Gasteiger partial charge >= 0.3 is 18.5 Å². The second-order valence-corrected chi connectivity index (χ2v) is 18.0. The molecule has 0 aromatic heterocycles. The predicted molar refractivity (Wildman–Crippen MR) is 235 cm³/mol. The zero-order valence-electron chi connectivity index (χ0n) is 35.3. The van der Waals surface area contributed by atoms with E-state index >= 15 is 0 Å². The molecule has 3 aromatic rings. The van der Waals surface area contributed by atoms with Crippen molar-refractivity contribution in [3.05, 3.63) is 142 Å². The predicted octanol–water partition coefficient (Wildman–Crippen LogP) is 1.37. The van der Waals surface area contributed by atoms with Crippen LogP contribution in [0.2, 0.25) is 0 Å². The van der Waals surface area contributed by atoms with Crippen molar-refractivity contribution in [3.63, 3.8) is 0 Å². The van der Waals surface area contributed by atoms with Gasteiger partial charge in [-0.1, -0.05) is 18.2 Å². The lowest BCUT2D eigenvalue weighted by molar-refractivity contribution is -0.137. The smallest absolute Gasteiger partial charge is 0.418 e. The highest BCUT2D eigenvalue weighted by Gasteiger charge is 2.35. The molecule has 9 rings (SSSR count). The summed E-state index contributed by atoms with van der Waals surface area (Å²) in [5.74, 6) is 0. The number of rotatable bonds is 0. The van der Waals surface area contributed by atoms with Crippen LogP contribution in [0, 0.1) is 0 Å². The first-order valence-corrected chi connectivity index (χ1v) is 21.3. The molecule has 0 bridgehead atoms. The van der Waals surface area contributed by atoms with Crippen molar-refractivity contribution in [2.24, 2.45) is 0 Å². The van der Waals surface area contributed by atoms with Gasteiger partial charge in [-0.15, -0.1) is 34.0 Å². The summed E-state index contributed by atoms with van der Waals surface area (Å²) in [6.07, 6.45) is -13.2. The molecule has 6 nitrogen and oxygen atoms in total. The Kier molecular flexibility index (Phi) is 18.1. The summed E-state index contributed by atoms with van der Waals surface area (Å²) in [5.41, 5.74) is -0.279. The van der Waals surface area contributed by atoms with Crippen LogP contribution in [0.3, 0.4) is 0 Å². The third kappa shape index (κ3) is 12.3. The molecular formula is C45H36F9I3N6S3. The molecule has 0 radical (unpaired) electrons. The molecule has 21 heteroatoms. The number of hydrogen-bond acceptors (Lipinski definition) is 6. The third-order valence-corrected chi connectivity index (χ3v) is 12.9. The van der Waals surface area contributed by atoms with E-state index < -0.39 is 35.2 Å². The number of alkyl halides is 9. The number of hydrogen-bond donors (Lipinski definition) is 0. The van der Waals surface area contributed by atoms with E-state index in [9.17, 15) is 39.5 Å². The highest BCUT2D eigenvalue weighted by molar-refractivity contribution is 7.22. The van der Waals surface area contributed by atoms with Crippen LogP contribution in [0.1, 0.15) is 16.7 Å². The van der Waals surface area contributed by atoms with E-state index in [2.05, 4.69) is 15.0 Å². The van der Waals surface area contributed by atoms with Crippen LogP contribution < -0.4 is 102 Å². The molecule has 3 heterocycles. The molecular weight excluding hydrogens is 1270 g/mol. The molecule has 3 aromatic carbocycles. The fraction of sp³-hybridized carbons (Fsp3) is 0.200. The lowest BCUT2D eigenvalue weighted by atomic mass is 10.2. The molecule has 0 N–H and O–H groups in total. The zero-order chi connectivity index (χ0) is 45.6. The molecule has 0 saturated carbocycles. The van der Waals surface area contributed by atoms with E-state index in [0.29, 0.717) is 31.2 Å². The Morgan fingerprint density at radius 1 is 0.364 bits per heavy atom. The van der Waals surface area contributed by atoms with Crippen molar-refractivity contribution in [1.82, 2.24) is 28.7 Å². The normalized spacial score (nSPS) is 11.5. The molecule has 0 fully saturated rings. The summed E-state index contributed by atoms with van der Waals surface area (Å²) in [5, 5.41) is 2.98. The Hall–Kier alpha value is -3.66. The Balaban J connectivity index is 0.000000212. The van der Waals surface area contributed by atoms with E-state index in [-0.39, 0.29) is 88.5 Å². The molecule has 3 aliphatic heterocycles. The van der Waals surface area contributed by atoms with Crippen LogP contribution in [0.4, 0.5) is 39.5 Å². The highest BCUT2D eigenvalue weighted by atomic mass is 127. The maximum Gasteiger partial charge on any atom is 0.418 e. The number of halogens is 12. The SMILES string of the molecule is C[N+](C)=c1ccc2nc3c(C(F)(F)F)cccc3sc-2c1.C[N+](C)=c1ccc2nc3c(C(F)(F)F)cccc3sc-2c1.C[N+](C)=c1ccc2nc3c(C(F)(F)F)cccc3sc-2c1.[I-].[I-].[I-]. The van der Waals surface area contributed by atoms with E-state index in [1.807, 2.05) is 92.4 Å². The van der Waals surface area contributed by atoms with Crippen molar-refractivity contribution in [3.8, 4) is 31.7 Å². The topological polar surface area (TPSA) is 47.7 Å². The fourth-order valence-electron chi connectivity index (χ4n) is 6.43. The van der Waals surface area contributed by atoms with Crippen LogP contribution in [0.5, 0.6) is 0 Å². The first-order valence-electron chi connectivity index (χ1n) is 18.8. The monoisotopic (exact) mass is 1310 g/mol. The minimum Gasteiger partial charge on any atom is -1.00 e. The molecule has 0 saturated heterocycles. The summed E-state index contributed by atoms with van der Waals surface area (Å²) in [4.78, 5) is 15.3. The van der Waals surface area contributed by atoms with Gasteiger partial charge in [0.25, 0.3) is 0 Å². The van der Waals surface area contributed by atoms with Gasteiger partial charge < -0.3 is 71.9 Å². The van der Waals surface area contributed by atoms with Crippen molar-refractivity contribution >= 4 is 64.7 Å². The molecule has 0 unspecified atom stereocenters. The van der Waals surface area contributed by atoms with Gasteiger partial charge in [0.1, 0.15) is 42.3 Å². The standard InChI is InChI=1S/3C15H12F3N2S.3HI/c3*1-20(2)9-6-7-11-13(8-9)21-12-5-3-4-10(14(12)19-11)15(16,17)18;;;/h3*3-8H,1-2H3;3*1H/q3*+1;;;/p-3.